The molecule has 3 aliphatic heterocycles. The van der Waals surface area contributed by atoms with E-state index in [0.717, 1.165) is 44.7 Å². The first kappa shape index (κ1) is 12.9. The minimum Gasteiger partial charge on any atom is -0.374 e. The maximum atomic E-state index is 5.92. The van der Waals surface area contributed by atoms with Crippen LogP contribution in [-0.2, 0) is 4.74 Å². The fourth-order valence-electron chi connectivity index (χ4n) is 3.75. The first-order valence-electron chi connectivity index (χ1n) is 7.65. The van der Waals surface area contributed by atoms with Crippen molar-refractivity contribution in [2.24, 2.45) is 5.92 Å². The summed E-state index contributed by atoms with van der Waals surface area (Å²) in [5.74, 6) is 0.893. The van der Waals surface area contributed by atoms with Crippen LogP contribution >= 0.6 is 0 Å². The van der Waals surface area contributed by atoms with Crippen molar-refractivity contribution < 1.29 is 4.74 Å². The Kier molecular flexibility index (Phi) is 4.19. The predicted molar refractivity (Wildman–Crippen MR) is 72.8 cm³/mol. The first-order chi connectivity index (χ1) is 8.85. The van der Waals surface area contributed by atoms with Crippen LogP contribution in [0.4, 0.5) is 0 Å². The largest absolute Gasteiger partial charge is 0.374 e. The number of rotatable bonds is 3. The Hall–Kier alpha value is -0.160. The van der Waals surface area contributed by atoms with E-state index in [1.165, 1.54) is 32.5 Å². The molecule has 3 atom stereocenters. The van der Waals surface area contributed by atoms with Gasteiger partial charge in [-0.1, -0.05) is 6.92 Å². The second-order valence-electron chi connectivity index (χ2n) is 6.07. The molecule has 4 nitrogen and oxygen atoms in total. The van der Waals surface area contributed by atoms with Crippen molar-refractivity contribution >= 4 is 0 Å². The maximum absolute atomic E-state index is 5.92. The minimum atomic E-state index is 0.429. The molecule has 3 fully saturated rings. The van der Waals surface area contributed by atoms with Crippen LogP contribution in [0.2, 0.25) is 0 Å². The third-order valence-corrected chi connectivity index (χ3v) is 4.81. The van der Waals surface area contributed by atoms with E-state index in [2.05, 4.69) is 22.0 Å². The van der Waals surface area contributed by atoms with Gasteiger partial charge in [-0.2, -0.15) is 0 Å². The van der Waals surface area contributed by atoms with Gasteiger partial charge in [0.1, 0.15) is 0 Å². The van der Waals surface area contributed by atoms with Gasteiger partial charge in [0.2, 0.25) is 0 Å². The summed E-state index contributed by atoms with van der Waals surface area (Å²) in [5, 5.41) is 3.68. The molecule has 0 amide bonds. The fraction of sp³-hybridized carbons (Fsp3) is 1.00. The number of piperidine rings is 1. The van der Waals surface area contributed by atoms with Crippen LogP contribution in [0.5, 0.6) is 0 Å². The zero-order chi connectivity index (χ0) is 12.4. The minimum absolute atomic E-state index is 0.429. The van der Waals surface area contributed by atoms with Crippen LogP contribution in [-0.4, -0.2) is 74.4 Å². The summed E-state index contributed by atoms with van der Waals surface area (Å²) in [6.07, 6.45) is 3.21. The average molecular weight is 253 g/mol. The van der Waals surface area contributed by atoms with Crippen molar-refractivity contribution in [3.8, 4) is 0 Å². The second kappa shape index (κ2) is 5.87. The van der Waals surface area contributed by atoms with Crippen LogP contribution in [0.15, 0.2) is 0 Å². The highest BCUT2D eigenvalue weighted by Crippen LogP contribution is 2.25. The molecule has 0 aliphatic carbocycles. The van der Waals surface area contributed by atoms with Crippen LogP contribution in [0.3, 0.4) is 0 Å². The summed E-state index contributed by atoms with van der Waals surface area (Å²) in [5.41, 5.74) is 0. The summed E-state index contributed by atoms with van der Waals surface area (Å²) in [7, 11) is 0. The maximum Gasteiger partial charge on any atom is 0.0829 e. The van der Waals surface area contributed by atoms with Crippen molar-refractivity contribution in [1.29, 1.82) is 0 Å². The van der Waals surface area contributed by atoms with Crippen molar-refractivity contribution in [3.63, 3.8) is 0 Å². The van der Waals surface area contributed by atoms with E-state index in [1.807, 2.05) is 0 Å². The normalized spacial score (nSPS) is 38.8. The van der Waals surface area contributed by atoms with Crippen molar-refractivity contribution in [2.45, 2.75) is 31.9 Å². The van der Waals surface area contributed by atoms with E-state index < -0.39 is 0 Å². The van der Waals surface area contributed by atoms with Crippen LogP contribution in [0, 0.1) is 5.92 Å². The third kappa shape index (κ3) is 2.87. The number of hydrogen-bond acceptors (Lipinski definition) is 4. The molecule has 3 rings (SSSR count). The van der Waals surface area contributed by atoms with Gasteiger partial charge in [-0.15, -0.1) is 0 Å². The Labute approximate surface area is 111 Å². The first-order valence-corrected chi connectivity index (χ1v) is 7.65. The monoisotopic (exact) mass is 253 g/mol. The van der Waals surface area contributed by atoms with Crippen LogP contribution < -0.4 is 5.32 Å². The molecule has 1 N–H and O–H groups in total. The molecule has 0 aromatic carbocycles. The van der Waals surface area contributed by atoms with Gasteiger partial charge in [-0.3, -0.25) is 9.80 Å². The molecule has 3 heterocycles. The number of morpholine rings is 1. The Morgan fingerprint density at radius 1 is 1.22 bits per heavy atom. The number of nitrogens with zero attached hydrogens (tertiary/aromatic N) is 2. The SMILES string of the molecule is CCN1CCOC(CN2C[C@@H]3CCCN[C@@H]3C2)C1. The van der Waals surface area contributed by atoms with Crippen molar-refractivity contribution in [3.05, 3.63) is 0 Å². The van der Waals surface area contributed by atoms with Gasteiger partial charge in [-0.05, 0) is 31.8 Å². The lowest BCUT2D eigenvalue weighted by molar-refractivity contribution is -0.0396. The molecule has 0 aromatic rings. The highest BCUT2D eigenvalue weighted by Gasteiger charge is 2.35. The molecular formula is C14H27N3O. The van der Waals surface area contributed by atoms with Gasteiger partial charge in [0.05, 0.1) is 12.7 Å². The average Bonchev–Trinajstić information content (AvgIpc) is 2.81. The van der Waals surface area contributed by atoms with Crippen molar-refractivity contribution in [1.82, 2.24) is 15.1 Å². The molecule has 0 spiro atoms. The zero-order valence-corrected chi connectivity index (χ0v) is 11.6. The van der Waals surface area contributed by atoms with Crippen LogP contribution in [0.1, 0.15) is 19.8 Å². The lowest BCUT2D eigenvalue weighted by Gasteiger charge is -2.34. The summed E-state index contributed by atoms with van der Waals surface area (Å²) in [6.45, 7) is 11.4. The van der Waals surface area contributed by atoms with E-state index in [1.54, 1.807) is 0 Å². The molecular weight excluding hydrogens is 226 g/mol. The Bertz CT molecular complexity index is 260. The van der Waals surface area contributed by atoms with Gasteiger partial charge in [0.15, 0.2) is 0 Å². The summed E-state index contributed by atoms with van der Waals surface area (Å²) in [4.78, 5) is 5.13. The number of nitrogens with one attached hydrogen (secondary N) is 1. The number of likely N-dealkylation sites (tertiary alicyclic amines) is 1. The van der Waals surface area contributed by atoms with Gasteiger partial charge < -0.3 is 10.1 Å². The van der Waals surface area contributed by atoms with E-state index in [4.69, 9.17) is 4.74 Å². The third-order valence-electron chi connectivity index (χ3n) is 4.81. The quantitative estimate of drug-likeness (QED) is 0.787. The standard InChI is InChI=1S/C14H27N3O/c1-2-16-6-7-18-13(9-16)10-17-8-12-4-3-5-15-14(12)11-17/h12-15H,2-11H2,1H3/t12-,13?,14+/m0/s1. The predicted octanol–water partition coefficient (Wildman–Crippen LogP) is 0.391. The summed E-state index contributed by atoms with van der Waals surface area (Å²) >= 11 is 0. The lowest BCUT2D eigenvalue weighted by Crippen LogP contribution is -2.47. The smallest absolute Gasteiger partial charge is 0.0829 e. The van der Waals surface area contributed by atoms with Gasteiger partial charge in [-0.25, -0.2) is 0 Å². The van der Waals surface area contributed by atoms with Crippen LogP contribution in [0.25, 0.3) is 0 Å². The van der Waals surface area contributed by atoms with Gasteiger partial charge in [0, 0.05) is 38.8 Å². The second-order valence-corrected chi connectivity index (χ2v) is 6.07. The van der Waals surface area contributed by atoms with Gasteiger partial charge in [0.25, 0.3) is 0 Å². The zero-order valence-electron chi connectivity index (χ0n) is 11.6. The van der Waals surface area contributed by atoms with Crippen molar-refractivity contribution in [2.75, 3.05) is 52.4 Å². The molecule has 0 radical (unpaired) electrons. The Morgan fingerprint density at radius 3 is 3.00 bits per heavy atom. The number of likely N-dealkylation sites (N-methyl/N-ethyl adjacent to an activating group) is 1. The topological polar surface area (TPSA) is 27.7 Å². The summed E-state index contributed by atoms with van der Waals surface area (Å²) in [6, 6.07) is 0.754. The van der Waals surface area contributed by atoms with E-state index >= 15 is 0 Å². The molecule has 3 saturated heterocycles. The summed E-state index contributed by atoms with van der Waals surface area (Å²) < 4.78 is 5.92. The molecule has 1 unspecified atom stereocenters. The molecule has 0 aromatic heterocycles. The Morgan fingerprint density at radius 2 is 2.17 bits per heavy atom. The van der Waals surface area contributed by atoms with E-state index in [9.17, 15) is 0 Å². The highest BCUT2D eigenvalue weighted by molar-refractivity contribution is 4.92. The van der Waals surface area contributed by atoms with Gasteiger partial charge >= 0.3 is 0 Å². The Balaban J connectivity index is 1.48. The molecule has 104 valence electrons. The molecule has 0 saturated carbocycles. The highest BCUT2D eigenvalue weighted by atomic mass is 16.5. The molecule has 0 bridgehead atoms. The molecule has 18 heavy (non-hydrogen) atoms. The lowest BCUT2D eigenvalue weighted by atomic mass is 9.94. The number of ether oxygens (including phenoxy) is 1. The molecule has 4 heteroatoms. The fourth-order valence-corrected chi connectivity index (χ4v) is 3.75. The van der Waals surface area contributed by atoms with E-state index in [-0.39, 0.29) is 0 Å². The molecule has 3 aliphatic rings. The number of fused-ring (bicyclic) bond motifs is 1. The number of hydrogen-bond donors (Lipinski definition) is 1. The van der Waals surface area contributed by atoms with E-state index in [0.29, 0.717) is 6.10 Å².